The van der Waals surface area contributed by atoms with Crippen molar-refractivity contribution in [3.05, 3.63) is 24.3 Å². The van der Waals surface area contributed by atoms with Gasteiger partial charge < -0.3 is 9.84 Å². The Labute approximate surface area is 251 Å². The molecule has 10 unspecified atom stereocenters. The van der Waals surface area contributed by atoms with Crippen molar-refractivity contribution in [1.82, 2.24) is 0 Å². The molecule has 5 aliphatic rings. The molecule has 5 rings (SSSR count). The quantitative estimate of drug-likeness (QED) is 0.170. The minimum atomic E-state index is -3.52. The molecule has 5 nitrogen and oxygen atoms in total. The number of hydrogen-bond donors (Lipinski definition) is 1. The Bertz CT molecular complexity index is 1150. The summed E-state index contributed by atoms with van der Waals surface area (Å²) in [7, 11) is -3.52. The van der Waals surface area contributed by atoms with Gasteiger partial charge in [-0.05, 0) is 127 Å². The first-order chi connectivity index (χ1) is 19.1. The molecular formula is C35H58O5S. The lowest BCUT2D eigenvalue weighted by molar-refractivity contribution is -0.238. The van der Waals surface area contributed by atoms with Crippen LogP contribution in [0, 0.1) is 56.7 Å². The van der Waals surface area contributed by atoms with Crippen LogP contribution in [0.1, 0.15) is 105 Å². The van der Waals surface area contributed by atoms with Gasteiger partial charge in [-0.25, -0.2) is 0 Å². The van der Waals surface area contributed by atoms with E-state index in [-0.39, 0.29) is 46.2 Å². The molecule has 0 radical (unpaired) electrons. The van der Waals surface area contributed by atoms with Crippen molar-refractivity contribution in [2.45, 2.75) is 105 Å². The van der Waals surface area contributed by atoms with Gasteiger partial charge in [-0.1, -0.05) is 53.3 Å². The number of ether oxygens (including phenoxy) is 1. The minimum absolute atomic E-state index is 0.0958. The van der Waals surface area contributed by atoms with Crippen LogP contribution in [0.3, 0.4) is 0 Å². The fraction of sp³-hybridized carbons (Fsp3) is 0.886. The lowest BCUT2D eigenvalue weighted by Gasteiger charge is -2.73. The number of fused-ring (bicyclic) bond motifs is 7. The van der Waals surface area contributed by atoms with Gasteiger partial charge in [0.2, 0.25) is 0 Å². The van der Waals surface area contributed by atoms with Gasteiger partial charge in [-0.15, -0.1) is 0 Å². The summed E-state index contributed by atoms with van der Waals surface area (Å²) in [5, 5.41) is 10.6. The summed E-state index contributed by atoms with van der Waals surface area (Å²) in [5.41, 5.74) is 2.80. The third kappa shape index (κ3) is 4.75. The van der Waals surface area contributed by atoms with E-state index in [0.717, 1.165) is 57.1 Å². The molecule has 0 aliphatic heterocycles. The van der Waals surface area contributed by atoms with Crippen LogP contribution in [0.15, 0.2) is 24.3 Å². The summed E-state index contributed by atoms with van der Waals surface area (Å²) in [6.45, 7) is 23.1. The molecule has 0 bridgehead atoms. The Hall–Kier alpha value is -0.690. The average molecular weight is 591 g/mol. The zero-order valence-corrected chi connectivity index (χ0v) is 27.7. The summed E-state index contributed by atoms with van der Waals surface area (Å²) >= 11 is 0. The van der Waals surface area contributed by atoms with Crippen LogP contribution < -0.4 is 0 Å². The van der Waals surface area contributed by atoms with Crippen LogP contribution in [0.5, 0.6) is 0 Å². The van der Waals surface area contributed by atoms with E-state index < -0.39 is 10.1 Å². The predicted octanol–water partition coefficient (Wildman–Crippen LogP) is 7.56. The van der Waals surface area contributed by atoms with Gasteiger partial charge >= 0.3 is 0 Å². The SMILES string of the molecule is C=C(COS(C)(=O)=O)C1CCC2(COCCC)CCC3(C)C(CCC4C5(C)CCC(=C)C(C)(CO)C5CCC43C)C12. The average Bonchev–Trinajstić information content (AvgIpc) is 3.29. The Morgan fingerprint density at radius 2 is 1.71 bits per heavy atom. The molecule has 234 valence electrons. The smallest absolute Gasteiger partial charge is 0.264 e. The molecule has 0 amide bonds. The van der Waals surface area contributed by atoms with Crippen molar-refractivity contribution >= 4 is 10.1 Å². The van der Waals surface area contributed by atoms with E-state index in [9.17, 15) is 13.5 Å². The molecule has 10 atom stereocenters. The van der Waals surface area contributed by atoms with Crippen molar-refractivity contribution in [1.29, 1.82) is 0 Å². The zero-order chi connectivity index (χ0) is 30.1. The van der Waals surface area contributed by atoms with E-state index in [0.29, 0.717) is 23.7 Å². The normalized spacial score (nSPS) is 47.7. The fourth-order valence-electron chi connectivity index (χ4n) is 12.1. The van der Waals surface area contributed by atoms with Crippen molar-refractivity contribution in [3.63, 3.8) is 0 Å². The molecule has 6 heteroatoms. The van der Waals surface area contributed by atoms with E-state index in [4.69, 9.17) is 8.92 Å². The summed E-state index contributed by atoms with van der Waals surface area (Å²) in [6, 6.07) is 0. The maximum atomic E-state index is 11.9. The topological polar surface area (TPSA) is 72.8 Å². The molecule has 0 heterocycles. The fourth-order valence-corrected chi connectivity index (χ4v) is 12.5. The Kier molecular flexibility index (Phi) is 8.31. The zero-order valence-electron chi connectivity index (χ0n) is 26.9. The van der Waals surface area contributed by atoms with E-state index in [1.807, 2.05) is 0 Å². The first kappa shape index (κ1) is 31.7. The van der Waals surface area contributed by atoms with Gasteiger partial charge in [0.15, 0.2) is 0 Å². The maximum Gasteiger partial charge on any atom is 0.264 e. The van der Waals surface area contributed by atoms with Gasteiger partial charge in [0.25, 0.3) is 10.1 Å². The van der Waals surface area contributed by atoms with Crippen LogP contribution in [0.25, 0.3) is 0 Å². The molecular weight excluding hydrogens is 532 g/mol. The minimum Gasteiger partial charge on any atom is -0.395 e. The van der Waals surface area contributed by atoms with Gasteiger partial charge in [0.1, 0.15) is 0 Å². The number of hydrogen-bond acceptors (Lipinski definition) is 5. The number of rotatable bonds is 9. The van der Waals surface area contributed by atoms with Crippen molar-refractivity contribution in [3.8, 4) is 0 Å². The molecule has 5 aliphatic carbocycles. The maximum absolute atomic E-state index is 11.9. The van der Waals surface area contributed by atoms with Crippen LogP contribution in [0.2, 0.25) is 0 Å². The standard InChI is InChI=1S/C35H58O5S/c1-9-20-39-23-35-17-13-26(24(2)21-40-41(8,37)38)30(35)27-10-11-29-31(4)15-12-25(3)32(5,22-36)28(31)14-16-34(29,7)33(27,6)18-19-35/h26-30,36H,2-3,9-23H2,1,4-8H3. The van der Waals surface area contributed by atoms with Gasteiger partial charge in [0.05, 0.1) is 26.1 Å². The highest BCUT2D eigenvalue weighted by Crippen LogP contribution is 2.77. The largest absolute Gasteiger partial charge is 0.395 e. The van der Waals surface area contributed by atoms with Crippen LogP contribution in [-0.2, 0) is 19.0 Å². The molecule has 0 spiro atoms. The molecule has 0 aromatic heterocycles. The van der Waals surface area contributed by atoms with Gasteiger partial charge in [0, 0.05) is 12.0 Å². The van der Waals surface area contributed by atoms with Crippen LogP contribution in [0.4, 0.5) is 0 Å². The molecule has 0 saturated heterocycles. The van der Waals surface area contributed by atoms with Gasteiger partial charge in [-0.3, -0.25) is 4.18 Å². The monoisotopic (exact) mass is 590 g/mol. The lowest BCUT2D eigenvalue weighted by Crippen LogP contribution is -2.66. The third-order valence-electron chi connectivity index (χ3n) is 14.5. The van der Waals surface area contributed by atoms with Gasteiger partial charge in [-0.2, -0.15) is 8.42 Å². The predicted molar refractivity (Wildman–Crippen MR) is 166 cm³/mol. The molecule has 0 aromatic rings. The van der Waals surface area contributed by atoms with Crippen molar-refractivity contribution in [2.75, 3.05) is 32.7 Å². The highest BCUT2D eigenvalue weighted by Gasteiger charge is 2.70. The summed E-state index contributed by atoms with van der Waals surface area (Å²) in [5.74, 6) is 2.40. The van der Waals surface area contributed by atoms with E-state index in [1.54, 1.807) is 0 Å². The molecule has 5 saturated carbocycles. The Morgan fingerprint density at radius 3 is 2.37 bits per heavy atom. The second-order valence-corrected chi connectivity index (χ2v) is 17.7. The van der Waals surface area contributed by atoms with E-state index >= 15 is 0 Å². The Morgan fingerprint density at radius 1 is 0.976 bits per heavy atom. The van der Waals surface area contributed by atoms with E-state index in [1.165, 1.54) is 44.1 Å². The van der Waals surface area contributed by atoms with Crippen LogP contribution >= 0.6 is 0 Å². The van der Waals surface area contributed by atoms with Crippen molar-refractivity contribution in [2.24, 2.45) is 56.7 Å². The first-order valence-corrected chi connectivity index (χ1v) is 18.3. The summed E-state index contributed by atoms with van der Waals surface area (Å²) < 4.78 is 35.4. The highest BCUT2D eigenvalue weighted by molar-refractivity contribution is 7.86. The number of aliphatic hydroxyl groups excluding tert-OH is 1. The first-order valence-electron chi connectivity index (χ1n) is 16.5. The molecule has 41 heavy (non-hydrogen) atoms. The molecule has 0 aromatic carbocycles. The van der Waals surface area contributed by atoms with E-state index in [2.05, 4.69) is 47.8 Å². The van der Waals surface area contributed by atoms with Crippen molar-refractivity contribution < 1.29 is 22.4 Å². The second kappa shape index (κ2) is 10.7. The third-order valence-corrected chi connectivity index (χ3v) is 15.0. The second-order valence-electron chi connectivity index (χ2n) is 16.1. The molecule has 5 fully saturated rings. The Balaban J connectivity index is 1.50. The van der Waals surface area contributed by atoms with Crippen LogP contribution in [-0.4, -0.2) is 46.2 Å². The highest BCUT2D eigenvalue weighted by atomic mass is 32.2. The lowest BCUT2D eigenvalue weighted by atomic mass is 9.32. The molecule has 1 N–H and O–H groups in total. The summed E-state index contributed by atoms with van der Waals surface area (Å²) in [6.07, 6.45) is 13.8. The summed E-state index contributed by atoms with van der Waals surface area (Å²) in [4.78, 5) is 0. The number of aliphatic hydroxyl groups is 1.